The van der Waals surface area contributed by atoms with Gasteiger partial charge in [0.2, 0.25) is 6.20 Å². The van der Waals surface area contributed by atoms with Gasteiger partial charge in [-0.3, -0.25) is 9.18 Å². The molecule has 10 heavy (non-hydrogen) atoms. The van der Waals surface area contributed by atoms with E-state index >= 15 is 0 Å². The van der Waals surface area contributed by atoms with E-state index in [0.29, 0.717) is 6.20 Å². The first-order chi connectivity index (χ1) is 4.50. The molecule has 56 valence electrons. The monoisotopic (exact) mass is 166 g/mol. The summed E-state index contributed by atoms with van der Waals surface area (Å²) in [5, 5.41) is 12.0. The zero-order valence-electron chi connectivity index (χ0n) is 4.46. The molecule has 8 heteroatoms. The highest BCUT2D eigenvalue weighted by Gasteiger charge is 2.20. The minimum Gasteiger partial charge on any atom is -0.360 e. The van der Waals surface area contributed by atoms with Crippen molar-refractivity contribution in [3.63, 3.8) is 0 Å². The van der Waals surface area contributed by atoms with Crippen LogP contribution in [0.15, 0.2) is 15.9 Å². The third-order valence-corrected chi connectivity index (χ3v) is 1.40. The maximum Gasteiger partial charge on any atom is 0.357 e. The smallest absolute Gasteiger partial charge is 0.357 e. The van der Waals surface area contributed by atoms with E-state index in [9.17, 15) is 13.6 Å². The van der Waals surface area contributed by atoms with E-state index in [1.807, 2.05) is 0 Å². The molecule has 0 fully saturated rings. The van der Waals surface area contributed by atoms with Gasteiger partial charge >= 0.3 is 15.1 Å². The molecule has 0 aliphatic heterocycles. The number of hydrogen-bond donors (Lipinski definition) is 1. The van der Waals surface area contributed by atoms with Crippen LogP contribution in [0, 0.1) is 5.21 Å². The molecule has 1 aromatic rings. The molecule has 1 N–H and O–H groups in total. The highest BCUT2D eigenvalue weighted by atomic mass is 32.2. The molecule has 1 aromatic heterocycles. The summed E-state index contributed by atoms with van der Waals surface area (Å²) in [6.07, 6.45) is 0.495. The second-order valence-electron chi connectivity index (χ2n) is 1.40. The summed E-state index contributed by atoms with van der Waals surface area (Å²) in [6, 6.07) is 0. The van der Waals surface area contributed by atoms with Crippen molar-refractivity contribution in [3.8, 4) is 0 Å². The zero-order valence-corrected chi connectivity index (χ0v) is 5.28. The Kier molecular flexibility index (Phi) is 1.34. The molecule has 0 spiro atoms. The Morgan fingerprint density at radius 1 is 1.80 bits per heavy atom. The molecule has 0 aliphatic carbocycles. The van der Waals surface area contributed by atoms with Gasteiger partial charge in [0.25, 0.3) is 0 Å². The molecule has 1 rings (SSSR count). The van der Waals surface area contributed by atoms with E-state index in [1.54, 1.807) is 0 Å². The molecule has 0 aliphatic rings. The Bertz CT molecular complexity index is 325. The molecular formula is C2H2N2O5S. The summed E-state index contributed by atoms with van der Waals surface area (Å²) in [5.41, 5.74) is 0. The van der Waals surface area contributed by atoms with Gasteiger partial charge in [-0.1, -0.05) is 0 Å². The lowest BCUT2D eigenvalue weighted by Gasteiger charge is -1.77. The lowest BCUT2D eigenvalue weighted by atomic mass is 10.9. The third-order valence-electron chi connectivity index (χ3n) is 0.691. The average molecular weight is 166 g/mol. The quantitative estimate of drug-likeness (QED) is 0.404. The molecule has 0 radical (unpaired) electrons. The molecular weight excluding hydrogens is 164 g/mol. The molecule has 0 saturated carbocycles. The zero-order chi connectivity index (χ0) is 7.78. The van der Waals surface area contributed by atoms with Gasteiger partial charge < -0.3 is 5.21 Å². The van der Waals surface area contributed by atoms with Gasteiger partial charge in [0.05, 0.1) is 5.16 Å². The second-order valence-corrected chi connectivity index (χ2v) is 2.77. The first kappa shape index (κ1) is 6.96. The maximum atomic E-state index is 10.1. The van der Waals surface area contributed by atoms with Crippen LogP contribution in [0.5, 0.6) is 0 Å². The lowest BCUT2D eigenvalue weighted by molar-refractivity contribution is -0.802. The van der Waals surface area contributed by atoms with Gasteiger partial charge in [-0.05, 0) is 4.90 Å². The van der Waals surface area contributed by atoms with Crippen LogP contribution in [0.25, 0.3) is 0 Å². The van der Waals surface area contributed by atoms with Gasteiger partial charge in [0.1, 0.15) is 0 Å². The Labute approximate surface area is 55.2 Å². The predicted molar refractivity (Wildman–Crippen MR) is 25.3 cm³/mol. The Hall–Kier alpha value is -1.15. The highest BCUT2D eigenvalue weighted by molar-refractivity contribution is 7.85. The van der Waals surface area contributed by atoms with E-state index in [-0.39, 0.29) is 4.90 Å². The van der Waals surface area contributed by atoms with Crippen molar-refractivity contribution in [2.24, 2.45) is 0 Å². The maximum absolute atomic E-state index is 10.1. The van der Waals surface area contributed by atoms with Crippen LogP contribution >= 0.6 is 0 Å². The standard InChI is InChI=1S/C2H2N2O5S/c5-4-1-2(3-9-4)10(6,7)8/h1H,(H,6,7,8). The van der Waals surface area contributed by atoms with Gasteiger partial charge in [0.15, 0.2) is 0 Å². The molecule has 0 saturated heterocycles. The number of hydrogen-bond acceptors (Lipinski definition) is 5. The largest absolute Gasteiger partial charge is 0.360 e. The fourth-order valence-corrected chi connectivity index (χ4v) is 0.678. The Morgan fingerprint density at radius 2 is 2.40 bits per heavy atom. The molecule has 7 nitrogen and oxygen atoms in total. The fourth-order valence-electron chi connectivity index (χ4n) is 0.331. The first-order valence-corrected chi connectivity index (χ1v) is 3.48. The highest BCUT2D eigenvalue weighted by Crippen LogP contribution is 1.97. The molecule has 0 unspecified atom stereocenters. The van der Waals surface area contributed by atoms with Crippen LogP contribution in [-0.2, 0) is 10.1 Å². The predicted octanol–water partition coefficient (Wildman–Crippen LogP) is -1.45. The van der Waals surface area contributed by atoms with E-state index in [0.717, 1.165) is 0 Å². The minimum atomic E-state index is -4.41. The summed E-state index contributed by atoms with van der Waals surface area (Å²) < 4.78 is 32.2. The Morgan fingerprint density at radius 3 is 2.60 bits per heavy atom. The van der Waals surface area contributed by atoms with Crippen molar-refractivity contribution in [3.05, 3.63) is 11.4 Å². The van der Waals surface area contributed by atoms with Crippen LogP contribution in [0.3, 0.4) is 0 Å². The van der Waals surface area contributed by atoms with E-state index in [2.05, 4.69) is 9.79 Å². The molecule has 0 bridgehead atoms. The van der Waals surface area contributed by atoms with Gasteiger partial charge in [0, 0.05) is 0 Å². The van der Waals surface area contributed by atoms with Crippen LogP contribution in [0.2, 0.25) is 0 Å². The summed E-state index contributed by atoms with van der Waals surface area (Å²) in [7, 11) is -4.41. The van der Waals surface area contributed by atoms with Gasteiger partial charge in [-0.2, -0.15) is 8.42 Å². The average Bonchev–Trinajstić information content (AvgIpc) is 2.11. The molecule has 0 aromatic carbocycles. The minimum absolute atomic E-state index is 0.191. The Balaban J connectivity index is 3.21. The van der Waals surface area contributed by atoms with Crippen molar-refractivity contribution in [2.45, 2.75) is 5.03 Å². The summed E-state index contributed by atoms with van der Waals surface area (Å²) >= 11 is 0. The van der Waals surface area contributed by atoms with Crippen LogP contribution in [0.4, 0.5) is 0 Å². The van der Waals surface area contributed by atoms with Crippen molar-refractivity contribution in [2.75, 3.05) is 0 Å². The van der Waals surface area contributed by atoms with Gasteiger partial charge in [-0.25, -0.2) is 0 Å². The van der Waals surface area contributed by atoms with Crippen LogP contribution in [-0.4, -0.2) is 18.1 Å². The number of aromatic nitrogens is 2. The van der Waals surface area contributed by atoms with Crippen molar-refractivity contribution in [1.29, 1.82) is 0 Å². The summed E-state index contributed by atoms with van der Waals surface area (Å²) in [6.45, 7) is 0. The number of rotatable bonds is 1. The van der Waals surface area contributed by atoms with Crippen LogP contribution in [0.1, 0.15) is 0 Å². The lowest BCUT2D eigenvalue weighted by Crippen LogP contribution is -2.20. The first-order valence-electron chi connectivity index (χ1n) is 2.04. The van der Waals surface area contributed by atoms with Crippen molar-refractivity contribution >= 4 is 10.1 Å². The molecule has 0 amide bonds. The van der Waals surface area contributed by atoms with Crippen LogP contribution < -0.4 is 4.90 Å². The SMILES string of the molecule is O=S(=O)(O)c1c[n+]([O-])on1. The van der Waals surface area contributed by atoms with E-state index in [1.165, 1.54) is 0 Å². The van der Waals surface area contributed by atoms with Gasteiger partial charge in [-0.15, -0.1) is 0 Å². The number of nitrogens with zero attached hydrogens (tertiary/aromatic N) is 2. The second kappa shape index (κ2) is 1.92. The van der Waals surface area contributed by atoms with E-state index < -0.39 is 15.1 Å². The molecule has 0 atom stereocenters. The molecule has 1 heterocycles. The normalized spacial score (nSPS) is 11.7. The summed E-state index contributed by atoms with van der Waals surface area (Å²) in [4.78, 5) is -0.191. The third kappa shape index (κ3) is 1.22. The topological polar surface area (TPSA) is 107 Å². The van der Waals surface area contributed by atoms with Crippen molar-refractivity contribution in [1.82, 2.24) is 5.16 Å². The van der Waals surface area contributed by atoms with Crippen molar-refractivity contribution < 1.29 is 22.5 Å². The van der Waals surface area contributed by atoms with E-state index in [4.69, 9.17) is 4.55 Å². The summed E-state index contributed by atoms with van der Waals surface area (Å²) in [5.74, 6) is 0. The fraction of sp³-hybridized carbons (Fsp3) is 0.